The topological polar surface area (TPSA) is 35.9 Å². The first-order chi connectivity index (χ1) is 13.2. The highest BCUT2D eigenvalue weighted by molar-refractivity contribution is 6.33. The summed E-state index contributed by atoms with van der Waals surface area (Å²) in [7, 11) is 1.53. The molecule has 2 aromatic rings. The Kier molecular flexibility index (Phi) is 11.8. The van der Waals surface area contributed by atoms with Gasteiger partial charge >= 0.3 is 0 Å². The number of nitrogens with zero attached hydrogens (tertiary/aromatic N) is 2. The van der Waals surface area contributed by atoms with Gasteiger partial charge in [-0.05, 0) is 43.0 Å². The first-order valence-electron chi connectivity index (χ1n) is 9.70. The highest BCUT2D eigenvalue weighted by atomic mass is 35.5. The number of aromatic hydroxyl groups is 1. The Bertz CT molecular complexity index is 723. The number of methoxy groups -OCH3 is 1. The molecule has 0 amide bonds. The summed E-state index contributed by atoms with van der Waals surface area (Å²) in [6, 6.07) is 14.3. The van der Waals surface area contributed by atoms with Crippen LogP contribution >= 0.6 is 36.4 Å². The molecule has 3 rings (SSSR count). The van der Waals surface area contributed by atoms with Crippen LogP contribution in [0.15, 0.2) is 42.5 Å². The van der Waals surface area contributed by atoms with Crippen molar-refractivity contribution in [1.29, 1.82) is 0 Å². The van der Waals surface area contributed by atoms with E-state index in [4.69, 9.17) is 16.3 Å². The van der Waals surface area contributed by atoms with Crippen LogP contribution in [-0.2, 0) is 12.8 Å². The van der Waals surface area contributed by atoms with Gasteiger partial charge in [0.05, 0.1) is 12.1 Å². The minimum absolute atomic E-state index is 0. The van der Waals surface area contributed by atoms with Gasteiger partial charge in [0.25, 0.3) is 0 Å². The Morgan fingerprint density at radius 1 is 0.897 bits per heavy atom. The summed E-state index contributed by atoms with van der Waals surface area (Å²) in [6.07, 6.45) is 3.23. The van der Waals surface area contributed by atoms with E-state index < -0.39 is 0 Å². The molecule has 1 aliphatic rings. The van der Waals surface area contributed by atoms with Crippen LogP contribution in [0.5, 0.6) is 11.5 Å². The van der Waals surface area contributed by atoms with Gasteiger partial charge in [0.1, 0.15) is 0 Å². The van der Waals surface area contributed by atoms with E-state index in [1.807, 2.05) is 6.07 Å². The minimum Gasteiger partial charge on any atom is -0.504 e. The van der Waals surface area contributed by atoms with Crippen LogP contribution in [0, 0.1) is 0 Å². The predicted octanol–water partition coefficient (Wildman–Crippen LogP) is 4.69. The zero-order chi connectivity index (χ0) is 19.1. The number of hydrogen-bond acceptors (Lipinski definition) is 4. The maximum absolute atomic E-state index is 9.78. The lowest BCUT2D eigenvalue weighted by Gasteiger charge is -2.34. The maximum Gasteiger partial charge on any atom is 0.179 e. The summed E-state index contributed by atoms with van der Waals surface area (Å²) in [5.41, 5.74) is 2.45. The molecule has 1 saturated heterocycles. The Labute approximate surface area is 191 Å². The predicted molar refractivity (Wildman–Crippen MR) is 126 cm³/mol. The molecule has 1 N–H and O–H groups in total. The van der Waals surface area contributed by atoms with E-state index in [0.29, 0.717) is 10.8 Å². The van der Waals surface area contributed by atoms with Crippen molar-refractivity contribution in [1.82, 2.24) is 9.80 Å². The molecule has 1 heterocycles. The molecular formula is C22H31Cl3N2O2. The zero-order valence-electron chi connectivity index (χ0n) is 16.8. The van der Waals surface area contributed by atoms with Gasteiger partial charge < -0.3 is 19.6 Å². The van der Waals surface area contributed by atoms with Crippen molar-refractivity contribution in [3.05, 3.63) is 58.6 Å². The van der Waals surface area contributed by atoms with Gasteiger partial charge in [-0.2, -0.15) is 0 Å². The Balaban J connectivity index is 0.00000210. The van der Waals surface area contributed by atoms with Crippen LogP contribution < -0.4 is 4.74 Å². The molecule has 0 aromatic heterocycles. The van der Waals surface area contributed by atoms with E-state index in [2.05, 4.69) is 40.1 Å². The van der Waals surface area contributed by atoms with Crippen molar-refractivity contribution < 1.29 is 9.84 Å². The molecular weight excluding hydrogens is 431 g/mol. The average molecular weight is 462 g/mol. The number of piperazine rings is 1. The van der Waals surface area contributed by atoms with Crippen LogP contribution in [-0.4, -0.2) is 61.3 Å². The van der Waals surface area contributed by atoms with Gasteiger partial charge in [-0.25, -0.2) is 0 Å². The molecule has 162 valence electrons. The largest absolute Gasteiger partial charge is 0.504 e. The molecule has 4 nitrogen and oxygen atoms in total. The van der Waals surface area contributed by atoms with Crippen LogP contribution in [0.4, 0.5) is 0 Å². The lowest BCUT2D eigenvalue weighted by atomic mass is 10.1. The molecule has 0 unspecified atom stereocenters. The van der Waals surface area contributed by atoms with Crippen LogP contribution in [0.25, 0.3) is 0 Å². The number of phenolic OH excluding ortho intramolecular Hbond substituents is 1. The van der Waals surface area contributed by atoms with Gasteiger partial charge in [0, 0.05) is 32.7 Å². The number of halogens is 3. The van der Waals surface area contributed by atoms with Crippen molar-refractivity contribution in [2.24, 2.45) is 0 Å². The molecule has 7 heteroatoms. The number of phenols is 1. The van der Waals surface area contributed by atoms with E-state index in [0.717, 1.165) is 51.1 Å². The second kappa shape index (κ2) is 13.2. The third kappa shape index (κ3) is 7.54. The third-order valence-electron chi connectivity index (χ3n) is 5.31. The average Bonchev–Trinajstić information content (AvgIpc) is 2.70. The Morgan fingerprint density at radius 2 is 1.52 bits per heavy atom. The van der Waals surface area contributed by atoms with Crippen LogP contribution in [0.2, 0.25) is 5.02 Å². The molecule has 2 aromatic carbocycles. The molecule has 0 atom stereocenters. The smallest absolute Gasteiger partial charge is 0.179 e. The van der Waals surface area contributed by atoms with Gasteiger partial charge in [-0.1, -0.05) is 48.0 Å². The first kappa shape index (κ1) is 25.9. The van der Waals surface area contributed by atoms with E-state index >= 15 is 0 Å². The second-order valence-electron chi connectivity index (χ2n) is 7.11. The molecule has 1 fully saturated rings. The molecule has 29 heavy (non-hydrogen) atoms. The van der Waals surface area contributed by atoms with Gasteiger partial charge in [0.2, 0.25) is 0 Å². The highest BCUT2D eigenvalue weighted by Gasteiger charge is 2.18. The molecule has 0 saturated carbocycles. The number of hydrogen-bond donors (Lipinski definition) is 1. The summed E-state index contributed by atoms with van der Waals surface area (Å²) < 4.78 is 5.19. The lowest BCUT2D eigenvalue weighted by molar-refractivity contribution is 0.132. The summed E-state index contributed by atoms with van der Waals surface area (Å²) in [5.74, 6) is 0.466. The van der Waals surface area contributed by atoms with Crippen LogP contribution in [0.1, 0.15) is 17.5 Å². The van der Waals surface area contributed by atoms with Gasteiger partial charge in [-0.3, -0.25) is 0 Å². The monoisotopic (exact) mass is 460 g/mol. The van der Waals surface area contributed by atoms with Crippen molar-refractivity contribution in [2.45, 2.75) is 19.3 Å². The van der Waals surface area contributed by atoms with E-state index in [9.17, 15) is 5.11 Å². The van der Waals surface area contributed by atoms with Gasteiger partial charge in [-0.15, -0.1) is 24.8 Å². The summed E-state index contributed by atoms with van der Waals surface area (Å²) in [5, 5.41) is 10.3. The quantitative estimate of drug-likeness (QED) is 0.618. The normalized spacial score (nSPS) is 14.7. The Hall–Kier alpha value is -1.17. The SMILES string of the molecule is COc1c(O)ccc(CCN2CCN(CCCc3ccccc3)CC2)c1Cl.Cl.Cl. The summed E-state index contributed by atoms with van der Waals surface area (Å²) in [4.78, 5) is 5.05. The van der Waals surface area contributed by atoms with Crippen molar-refractivity contribution in [2.75, 3.05) is 46.4 Å². The van der Waals surface area contributed by atoms with Gasteiger partial charge in [0.15, 0.2) is 11.5 Å². The number of aryl methyl sites for hydroxylation is 1. The summed E-state index contributed by atoms with van der Waals surface area (Å²) in [6.45, 7) is 6.59. The maximum atomic E-state index is 9.78. The van der Waals surface area contributed by atoms with Crippen LogP contribution in [0.3, 0.4) is 0 Å². The van der Waals surface area contributed by atoms with E-state index in [1.54, 1.807) is 6.07 Å². The number of ether oxygens (including phenoxy) is 1. The van der Waals surface area contributed by atoms with E-state index in [1.165, 1.54) is 25.6 Å². The second-order valence-corrected chi connectivity index (χ2v) is 7.49. The lowest BCUT2D eigenvalue weighted by Crippen LogP contribution is -2.47. The fourth-order valence-electron chi connectivity index (χ4n) is 3.64. The third-order valence-corrected chi connectivity index (χ3v) is 5.72. The molecule has 0 bridgehead atoms. The fraction of sp³-hybridized carbons (Fsp3) is 0.455. The summed E-state index contributed by atoms with van der Waals surface area (Å²) >= 11 is 6.35. The van der Waals surface area contributed by atoms with Crippen molar-refractivity contribution in [3.8, 4) is 11.5 Å². The standard InChI is InChI=1S/C22H29ClN2O2.2ClH/c1-27-22-20(26)10-9-19(21(22)23)11-13-25-16-14-24(15-17-25)12-5-8-18-6-3-2-4-7-18;;/h2-4,6-7,9-10,26H,5,8,11-17H2,1H3;2*1H. The molecule has 1 aliphatic heterocycles. The van der Waals surface area contributed by atoms with Crippen molar-refractivity contribution in [3.63, 3.8) is 0 Å². The molecule has 0 radical (unpaired) electrons. The minimum atomic E-state index is 0. The fourth-order valence-corrected chi connectivity index (χ4v) is 3.97. The zero-order valence-corrected chi connectivity index (χ0v) is 19.2. The number of benzene rings is 2. The van der Waals surface area contributed by atoms with E-state index in [-0.39, 0.29) is 30.6 Å². The first-order valence-corrected chi connectivity index (χ1v) is 10.1. The molecule has 0 spiro atoms. The highest BCUT2D eigenvalue weighted by Crippen LogP contribution is 2.36. The Morgan fingerprint density at radius 3 is 2.14 bits per heavy atom. The molecule has 0 aliphatic carbocycles. The van der Waals surface area contributed by atoms with Crippen molar-refractivity contribution >= 4 is 36.4 Å². The number of rotatable bonds is 8.